The summed E-state index contributed by atoms with van der Waals surface area (Å²) in [4.78, 5) is 22.8. The monoisotopic (exact) mass is 337 g/mol. The maximum atomic E-state index is 11.5. The first-order valence-corrected chi connectivity index (χ1v) is 8.40. The number of carbonyl (C=O) groups is 1. The Bertz CT molecular complexity index is 762. The molecule has 0 amide bonds. The van der Waals surface area contributed by atoms with E-state index in [1.807, 2.05) is 57.2 Å². The van der Waals surface area contributed by atoms with E-state index in [-0.39, 0.29) is 6.10 Å². The fourth-order valence-electron chi connectivity index (χ4n) is 2.65. The molecule has 0 aliphatic rings. The topological polar surface area (TPSA) is 55.7 Å². The molecule has 0 aliphatic carbocycles. The second kappa shape index (κ2) is 8.92. The van der Waals surface area contributed by atoms with E-state index >= 15 is 0 Å². The van der Waals surface area contributed by atoms with Crippen molar-refractivity contribution in [3.8, 4) is 5.75 Å². The van der Waals surface area contributed by atoms with E-state index in [0.29, 0.717) is 29.0 Å². The van der Waals surface area contributed by atoms with Gasteiger partial charge >= 0.3 is 0 Å². The number of carbonyl (C=O) groups excluding carboxylic acids is 1. The zero-order chi connectivity index (χ0) is 18.2. The summed E-state index contributed by atoms with van der Waals surface area (Å²) in [5, 5.41) is 3.12. The fourth-order valence-corrected chi connectivity index (χ4v) is 2.65. The molecule has 0 saturated heterocycles. The second-order valence-corrected chi connectivity index (χ2v) is 6.10. The van der Waals surface area contributed by atoms with Crippen LogP contribution in [0, 0.1) is 4.91 Å². The number of rotatable bonds is 8. The summed E-state index contributed by atoms with van der Waals surface area (Å²) >= 11 is 0. The van der Waals surface area contributed by atoms with Gasteiger partial charge in [0.2, 0.25) is 0 Å². The maximum Gasteiger partial charge on any atom is 0.153 e. The van der Waals surface area contributed by atoms with Gasteiger partial charge in [0.15, 0.2) is 6.29 Å². The lowest BCUT2D eigenvalue weighted by Crippen LogP contribution is -2.09. The summed E-state index contributed by atoms with van der Waals surface area (Å²) in [7, 11) is 0. The molecule has 0 bridgehead atoms. The van der Waals surface area contributed by atoms with E-state index in [4.69, 9.17) is 4.74 Å². The minimum atomic E-state index is -0.202. The highest BCUT2D eigenvalue weighted by atomic mass is 16.5. The predicted molar refractivity (Wildman–Crippen MR) is 101 cm³/mol. The van der Waals surface area contributed by atoms with Crippen molar-refractivity contribution in [3.63, 3.8) is 0 Å². The van der Waals surface area contributed by atoms with E-state index < -0.39 is 0 Å². The zero-order valence-corrected chi connectivity index (χ0v) is 14.9. The van der Waals surface area contributed by atoms with Gasteiger partial charge in [0.25, 0.3) is 0 Å². The van der Waals surface area contributed by atoms with Gasteiger partial charge in [-0.15, -0.1) is 4.91 Å². The van der Waals surface area contributed by atoms with Crippen LogP contribution in [0.25, 0.3) is 0 Å². The van der Waals surface area contributed by atoms with E-state index in [0.717, 1.165) is 23.8 Å². The Hall–Kier alpha value is -2.75. The molecule has 0 spiro atoms. The molecule has 0 unspecified atom stereocenters. The van der Waals surface area contributed by atoms with Crippen LogP contribution in [0.15, 0.2) is 59.3 Å². The third-order valence-electron chi connectivity index (χ3n) is 4.01. The van der Waals surface area contributed by atoms with Crippen LogP contribution >= 0.6 is 0 Å². The standard InChI is InChI=1S/C21H23NO3/c1-4-20(16-8-6-5-7-9-16)25-21-17(14-23)11-13-19(22-24)18(21)12-10-15(2)3/h5-11,13-14,20H,4,12H2,1-3H3/t20-/m0/s1. The van der Waals surface area contributed by atoms with Crippen molar-refractivity contribution in [2.24, 2.45) is 5.18 Å². The van der Waals surface area contributed by atoms with Gasteiger partial charge in [-0.1, -0.05) is 48.9 Å². The highest BCUT2D eigenvalue weighted by Crippen LogP contribution is 2.36. The fraction of sp³-hybridized carbons (Fsp3) is 0.286. The normalized spacial score (nSPS) is 11.5. The third-order valence-corrected chi connectivity index (χ3v) is 4.01. The molecule has 4 nitrogen and oxygen atoms in total. The Morgan fingerprint density at radius 3 is 2.44 bits per heavy atom. The van der Waals surface area contributed by atoms with Crippen LogP contribution in [0.5, 0.6) is 5.75 Å². The molecule has 4 heteroatoms. The zero-order valence-electron chi connectivity index (χ0n) is 14.9. The van der Waals surface area contributed by atoms with Crippen LogP contribution in [-0.2, 0) is 6.42 Å². The first kappa shape index (κ1) is 18.6. The molecule has 1 atom stereocenters. The van der Waals surface area contributed by atoms with Crippen LogP contribution in [-0.4, -0.2) is 6.29 Å². The minimum absolute atomic E-state index is 0.202. The van der Waals surface area contributed by atoms with E-state index in [2.05, 4.69) is 5.18 Å². The van der Waals surface area contributed by atoms with Crippen LogP contribution in [0.1, 0.15) is 54.8 Å². The Kier molecular flexibility index (Phi) is 6.63. The summed E-state index contributed by atoms with van der Waals surface area (Å²) in [5.74, 6) is 0.445. The molecule has 0 radical (unpaired) electrons. The number of nitroso groups, excluding NO2 is 1. The number of ether oxygens (including phenoxy) is 1. The van der Waals surface area contributed by atoms with Gasteiger partial charge in [-0.25, -0.2) is 0 Å². The number of benzene rings is 2. The Morgan fingerprint density at radius 1 is 1.16 bits per heavy atom. The Balaban J connectivity index is 2.51. The molecular weight excluding hydrogens is 314 g/mol. The van der Waals surface area contributed by atoms with Crippen molar-refractivity contribution in [2.75, 3.05) is 0 Å². The quantitative estimate of drug-likeness (QED) is 0.340. The van der Waals surface area contributed by atoms with Crippen molar-refractivity contribution in [3.05, 3.63) is 75.7 Å². The Morgan fingerprint density at radius 2 is 1.88 bits per heavy atom. The summed E-state index contributed by atoms with van der Waals surface area (Å²) in [6.45, 7) is 5.99. The molecule has 0 fully saturated rings. The van der Waals surface area contributed by atoms with Crippen molar-refractivity contribution < 1.29 is 9.53 Å². The lowest BCUT2D eigenvalue weighted by Gasteiger charge is -2.22. The number of nitrogens with zero attached hydrogens (tertiary/aromatic N) is 1. The van der Waals surface area contributed by atoms with Crippen LogP contribution < -0.4 is 4.74 Å². The molecule has 2 aromatic carbocycles. The van der Waals surface area contributed by atoms with Gasteiger partial charge in [0, 0.05) is 5.56 Å². The number of hydrogen-bond donors (Lipinski definition) is 0. The largest absolute Gasteiger partial charge is 0.485 e. The van der Waals surface area contributed by atoms with Gasteiger partial charge in [-0.2, -0.15) is 0 Å². The molecular formula is C21H23NO3. The lowest BCUT2D eigenvalue weighted by molar-refractivity contribution is 0.111. The molecule has 0 heterocycles. The van der Waals surface area contributed by atoms with Crippen molar-refractivity contribution >= 4 is 12.0 Å². The average Bonchev–Trinajstić information content (AvgIpc) is 2.64. The lowest BCUT2D eigenvalue weighted by atomic mass is 10.0. The van der Waals surface area contributed by atoms with E-state index in [1.165, 1.54) is 0 Å². The van der Waals surface area contributed by atoms with E-state index in [1.54, 1.807) is 12.1 Å². The Labute approximate surface area is 148 Å². The smallest absolute Gasteiger partial charge is 0.153 e. The van der Waals surface area contributed by atoms with Crippen LogP contribution in [0.3, 0.4) is 0 Å². The molecule has 130 valence electrons. The van der Waals surface area contributed by atoms with Gasteiger partial charge in [-0.05, 0) is 49.6 Å². The first-order chi connectivity index (χ1) is 12.1. The molecule has 2 aromatic rings. The second-order valence-electron chi connectivity index (χ2n) is 6.10. The molecule has 25 heavy (non-hydrogen) atoms. The van der Waals surface area contributed by atoms with Crippen molar-refractivity contribution in [1.82, 2.24) is 0 Å². The first-order valence-electron chi connectivity index (χ1n) is 8.40. The summed E-state index contributed by atoms with van der Waals surface area (Å²) < 4.78 is 6.22. The summed E-state index contributed by atoms with van der Waals surface area (Å²) in [5.41, 5.74) is 3.53. The van der Waals surface area contributed by atoms with Crippen molar-refractivity contribution in [2.45, 2.75) is 39.7 Å². The maximum absolute atomic E-state index is 11.5. The highest BCUT2D eigenvalue weighted by Gasteiger charge is 2.19. The van der Waals surface area contributed by atoms with Crippen molar-refractivity contribution in [1.29, 1.82) is 0 Å². The molecule has 0 aliphatic heterocycles. The number of allylic oxidation sites excluding steroid dienone is 2. The summed E-state index contributed by atoms with van der Waals surface area (Å²) in [6.07, 6.45) is 3.78. The number of aldehydes is 1. The van der Waals surface area contributed by atoms with Gasteiger partial charge in [0.05, 0.1) is 5.56 Å². The molecule has 2 rings (SSSR count). The average molecular weight is 337 g/mol. The highest BCUT2D eigenvalue weighted by molar-refractivity contribution is 5.82. The van der Waals surface area contributed by atoms with Gasteiger partial charge in [0.1, 0.15) is 17.5 Å². The summed E-state index contributed by atoms with van der Waals surface area (Å²) in [6, 6.07) is 13.0. The van der Waals surface area contributed by atoms with Gasteiger partial charge in [-0.3, -0.25) is 4.79 Å². The predicted octanol–water partition coefficient (Wildman–Crippen LogP) is 5.94. The molecule has 0 aromatic heterocycles. The third kappa shape index (κ3) is 4.63. The minimum Gasteiger partial charge on any atom is -0.485 e. The SMILES string of the molecule is CC[C@H](Oc1c(C=O)ccc(N=O)c1CC=C(C)C)c1ccccc1. The molecule has 0 saturated carbocycles. The van der Waals surface area contributed by atoms with Gasteiger partial charge < -0.3 is 4.74 Å². The van der Waals surface area contributed by atoms with E-state index in [9.17, 15) is 9.70 Å². The number of hydrogen-bond acceptors (Lipinski definition) is 4. The molecule has 0 N–H and O–H groups in total. The van der Waals surface area contributed by atoms with Crippen LogP contribution in [0.2, 0.25) is 0 Å². The van der Waals surface area contributed by atoms with Crippen LogP contribution in [0.4, 0.5) is 5.69 Å².